The van der Waals surface area contributed by atoms with E-state index in [9.17, 15) is 4.79 Å². The number of benzene rings is 2. The number of carbonyl (C=O) groups is 1. The van der Waals surface area contributed by atoms with Crippen LogP contribution in [0, 0.1) is 6.92 Å². The molecule has 0 atom stereocenters. The molecule has 6 nitrogen and oxygen atoms in total. The quantitative estimate of drug-likeness (QED) is 0.637. The molecular weight excluding hydrogens is 398 g/mol. The van der Waals surface area contributed by atoms with E-state index in [4.69, 9.17) is 9.97 Å². The average Bonchev–Trinajstić information content (AvgIpc) is 2.84. The molecule has 0 bridgehead atoms. The van der Waals surface area contributed by atoms with Gasteiger partial charge in [-0.15, -0.1) is 0 Å². The van der Waals surface area contributed by atoms with Gasteiger partial charge in [0.1, 0.15) is 5.82 Å². The smallest absolute Gasteiger partial charge is 0.322 e. The Bertz CT molecular complexity index is 1110. The van der Waals surface area contributed by atoms with E-state index >= 15 is 0 Å². The van der Waals surface area contributed by atoms with Crippen LogP contribution in [-0.2, 0) is 13.0 Å². The molecule has 2 amide bonds. The zero-order valence-electron chi connectivity index (χ0n) is 18.6. The van der Waals surface area contributed by atoms with Gasteiger partial charge in [0.05, 0.1) is 12.2 Å². The Labute approximate surface area is 189 Å². The molecule has 0 aliphatic carbocycles. The zero-order chi connectivity index (χ0) is 21.9. The van der Waals surface area contributed by atoms with Crippen molar-refractivity contribution in [3.63, 3.8) is 0 Å². The van der Waals surface area contributed by atoms with Crippen molar-refractivity contribution < 1.29 is 4.79 Å². The summed E-state index contributed by atoms with van der Waals surface area (Å²) in [5.74, 6) is 1.78. The number of fused-ring (bicyclic) bond motifs is 1. The first kappa shape index (κ1) is 20.5. The molecule has 0 radical (unpaired) electrons. The minimum atomic E-state index is -0.0713. The highest BCUT2D eigenvalue weighted by atomic mass is 16.2. The highest BCUT2D eigenvalue weighted by molar-refractivity contribution is 5.89. The fraction of sp³-hybridized carbons (Fsp3) is 0.346. The maximum atomic E-state index is 13.0. The summed E-state index contributed by atoms with van der Waals surface area (Å²) in [6.07, 6.45) is 4.36. The van der Waals surface area contributed by atoms with E-state index in [0.29, 0.717) is 13.1 Å². The maximum absolute atomic E-state index is 13.0. The number of hydrogen-bond donors (Lipinski definition) is 1. The molecule has 0 unspecified atom stereocenters. The fourth-order valence-electron chi connectivity index (χ4n) is 4.58. The maximum Gasteiger partial charge on any atom is 0.322 e. The van der Waals surface area contributed by atoms with Crippen LogP contribution in [0.3, 0.4) is 0 Å². The van der Waals surface area contributed by atoms with Gasteiger partial charge in [-0.25, -0.2) is 14.8 Å². The van der Waals surface area contributed by atoms with Gasteiger partial charge in [-0.3, -0.25) is 0 Å². The van der Waals surface area contributed by atoms with Crippen LogP contribution >= 0.6 is 0 Å². The minimum Gasteiger partial charge on any atom is -0.356 e. The van der Waals surface area contributed by atoms with Gasteiger partial charge in [0, 0.05) is 42.9 Å². The number of aryl methyl sites for hydroxylation is 1. The van der Waals surface area contributed by atoms with Crippen molar-refractivity contribution in [2.75, 3.05) is 29.9 Å². The molecule has 0 spiro atoms. The van der Waals surface area contributed by atoms with Gasteiger partial charge in [-0.2, -0.15) is 0 Å². The fourth-order valence-corrected chi connectivity index (χ4v) is 4.58. The van der Waals surface area contributed by atoms with E-state index in [0.717, 1.165) is 59.2 Å². The highest BCUT2D eigenvalue weighted by Gasteiger charge is 2.28. The molecule has 3 aromatic rings. The van der Waals surface area contributed by atoms with Crippen LogP contribution in [0.25, 0.3) is 11.4 Å². The van der Waals surface area contributed by atoms with E-state index in [1.165, 1.54) is 19.3 Å². The molecule has 2 aromatic carbocycles. The summed E-state index contributed by atoms with van der Waals surface area (Å²) in [7, 11) is 0. The second kappa shape index (κ2) is 8.99. The number of urea groups is 1. The summed E-state index contributed by atoms with van der Waals surface area (Å²) < 4.78 is 0. The molecule has 164 valence electrons. The number of aromatic nitrogens is 2. The molecule has 1 saturated heterocycles. The predicted molar refractivity (Wildman–Crippen MR) is 128 cm³/mol. The molecule has 1 aromatic heterocycles. The molecule has 1 fully saturated rings. The van der Waals surface area contributed by atoms with Gasteiger partial charge in [-0.05, 0) is 43.9 Å². The van der Waals surface area contributed by atoms with Crippen molar-refractivity contribution in [2.45, 2.75) is 39.2 Å². The van der Waals surface area contributed by atoms with E-state index < -0.39 is 0 Å². The Morgan fingerprint density at radius 2 is 1.75 bits per heavy atom. The summed E-state index contributed by atoms with van der Waals surface area (Å²) in [5, 5.41) is 3.05. The van der Waals surface area contributed by atoms with Gasteiger partial charge in [0.2, 0.25) is 0 Å². The summed E-state index contributed by atoms with van der Waals surface area (Å²) >= 11 is 0. The van der Waals surface area contributed by atoms with E-state index in [2.05, 4.69) is 22.3 Å². The highest BCUT2D eigenvalue weighted by Crippen LogP contribution is 2.31. The molecule has 32 heavy (non-hydrogen) atoms. The van der Waals surface area contributed by atoms with Crippen LogP contribution in [0.4, 0.5) is 16.3 Å². The molecule has 0 saturated carbocycles. The Hall–Kier alpha value is -3.41. The largest absolute Gasteiger partial charge is 0.356 e. The Kier molecular flexibility index (Phi) is 5.75. The summed E-state index contributed by atoms with van der Waals surface area (Å²) in [4.78, 5) is 27.2. The summed E-state index contributed by atoms with van der Waals surface area (Å²) in [5.41, 5.74) is 5.15. The number of rotatable bonds is 3. The lowest BCUT2D eigenvalue weighted by Crippen LogP contribution is -2.41. The molecule has 2 aliphatic rings. The monoisotopic (exact) mass is 427 g/mol. The number of nitrogens with one attached hydrogen (secondary N) is 1. The van der Waals surface area contributed by atoms with Gasteiger partial charge in [0.15, 0.2) is 5.82 Å². The number of nitrogens with zero attached hydrogens (tertiary/aromatic N) is 4. The lowest BCUT2D eigenvalue weighted by atomic mass is 10.0. The average molecular weight is 428 g/mol. The Balaban J connectivity index is 1.45. The minimum absolute atomic E-state index is 0.0713. The number of amides is 2. The Morgan fingerprint density at radius 3 is 2.53 bits per heavy atom. The summed E-state index contributed by atoms with van der Waals surface area (Å²) in [6.45, 7) is 5.23. The van der Waals surface area contributed by atoms with Crippen molar-refractivity contribution in [3.8, 4) is 11.4 Å². The Morgan fingerprint density at radius 1 is 0.938 bits per heavy atom. The van der Waals surface area contributed by atoms with Crippen molar-refractivity contribution in [3.05, 3.63) is 71.4 Å². The SMILES string of the molecule is Cc1cccc(NC(=O)N2CCc3nc(-c4ccccc4)nc(N4CCCCC4)c3C2)c1. The standard InChI is InChI=1S/C26H29N5O/c1-19-9-8-12-21(17-19)27-26(32)31-16-13-23-22(18-31)25(30-14-6-3-7-15-30)29-24(28-23)20-10-4-2-5-11-20/h2,4-5,8-12,17H,3,6-7,13-16,18H2,1H3,(H,27,32). The zero-order valence-corrected chi connectivity index (χ0v) is 18.6. The number of hydrogen-bond acceptors (Lipinski definition) is 4. The van der Waals surface area contributed by atoms with E-state index in [1.54, 1.807) is 0 Å². The van der Waals surface area contributed by atoms with Crippen molar-refractivity contribution in [1.29, 1.82) is 0 Å². The van der Waals surface area contributed by atoms with Crippen LogP contribution in [0.15, 0.2) is 54.6 Å². The first-order chi connectivity index (χ1) is 15.7. The third-order valence-corrected chi connectivity index (χ3v) is 6.28. The first-order valence-electron chi connectivity index (χ1n) is 11.5. The molecular formula is C26H29N5O. The van der Waals surface area contributed by atoms with Gasteiger partial charge in [0.25, 0.3) is 0 Å². The predicted octanol–water partition coefficient (Wildman–Crippen LogP) is 5.03. The second-order valence-corrected chi connectivity index (χ2v) is 8.68. The second-order valence-electron chi connectivity index (χ2n) is 8.68. The molecule has 2 aliphatic heterocycles. The molecule has 6 heteroatoms. The third-order valence-electron chi connectivity index (χ3n) is 6.28. The van der Waals surface area contributed by atoms with Crippen LogP contribution in [0.1, 0.15) is 36.1 Å². The lowest BCUT2D eigenvalue weighted by Gasteiger charge is -2.34. The van der Waals surface area contributed by atoms with Gasteiger partial charge in [-0.1, -0.05) is 42.5 Å². The van der Waals surface area contributed by atoms with Crippen molar-refractivity contribution >= 4 is 17.5 Å². The molecule has 1 N–H and O–H groups in total. The van der Waals surface area contributed by atoms with Crippen molar-refractivity contribution in [1.82, 2.24) is 14.9 Å². The van der Waals surface area contributed by atoms with Gasteiger partial charge >= 0.3 is 6.03 Å². The lowest BCUT2D eigenvalue weighted by molar-refractivity contribution is 0.206. The normalized spacial score (nSPS) is 15.9. The number of carbonyl (C=O) groups excluding carboxylic acids is 1. The van der Waals surface area contributed by atoms with Crippen LogP contribution in [0.2, 0.25) is 0 Å². The first-order valence-corrected chi connectivity index (χ1v) is 11.5. The van der Waals surface area contributed by atoms with Crippen LogP contribution in [0.5, 0.6) is 0 Å². The van der Waals surface area contributed by atoms with E-state index in [1.807, 2.05) is 54.3 Å². The van der Waals surface area contributed by atoms with Crippen molar-refractivity contribution in [2.24, 2.45) is 0 Å². The third kappa shape index (κ3) is 4.31. The summed E-state index contributed by atoms with van der Waals surface area (Å²) in [6, 6.07) is 18.0. The topological polar surface area (TPSA) is 61.4 Å². The number of piperidine rings is 1. The molecule has 3 heterocycles. The van der Waals surface area contributed by atoms with Crippen LogP contribution in [-0.4, -0.2) is 40.5 Å². The van der Waals surface area contributed by atoms with Crippen LogP contribution < -0.4 is 10.2 Å². The van der Waals surface area contributed by atoms with Gasteiger partial charge < -0.3 is 15.1 Å². The van der Waals surface area contributed by atoms with E-state index in [-0.39, 0.29) is 6.03 Å². The number of anilines is 2. The molecule has 5 rings (SSSR count).